The highest BCUT2D eigenvalue weighted by Crippen LogP contribution is 2.27. The lowest BCUT2D eigenvalue weighted by Crippen LogP contribution is -2.10. The number of hydrogen-bond acceptors (Lipinski definition) is 3. The zero-order valence-electron chi connectivity index (χ0n) is 7.56. The van der Waals surface area contributed by atoms with E-state index in [4.69, 9.17) is 11.6 Å². The summed E-state index contributed by atoms with van der Waals surface area (Å²) >= 11 is 7.09. The number of anilines is 1. The predicted molar refractivity (Wildman–Crippen MR) is 55.4 cm³/mol. The Kier molecular flexibility index (Phi) is 3.69. The Morgan fingerprint density at radius 1 is 1.69 bits per heavy atom. The average molecular weight is 219 g/mol. The van der Waals surface area contributed by atoms with Gasteiger partial charge in [-0.05, 0) is 13.3 Å². The number of halogens is 1. The first-order valence-electron chi connectivity index (χ1n) is 4.06. The average Bonchev–Trinajstić information content (AvgIpc) is 2.31. The van der Waals surface area contributed by atoms with Gasteiger partial charge in [-0.2, -0.15) is 0 Å². The van der Waals surface area contributed by atoms with Crippen LogP contribution in [0.15, 0.2) is 0 Å². The number of carbonyl (C=O) groups excluding carboxylic acids is 1. The van der Waals surface area contributed by atoms with Gasteiger partial charge in [0.1, 0.15) is 4.34 Å². The van der Waals surface area contributed by atoms with Gasteiger partial charge in [0.15, 0.2) is 5.13 Å². The quantitative estimate of drug-likeness (QED) is 0.848. The van der Waals surface area contributed by atoms with Crippen LogP contribution in [-0.2, 0) is 4.79 Å². The molecule has 0 unspecified atom stereocenters. The lowest BCUT2D eigenvalue weighted by atomic mass is 10.3. The third kappa shape index (κ3) is 2.97. The number of aromatic nitrogens is 1. The molecule has 0 aliphatic carbocycles. The molecule has 0 radical (unpaired) electrons. The number of hydrogen-bond donors (Lipinski definition) is 1. The van der Waals surface area contributed by atoms with Crippen LogP contribution in [0.4, 0.5) is 5.13 Å². The minimum Gasteiger partial charge on any atom is -0.302 e. The predicted octanol–water partition coefficient (Wildman–Crippen LogP) is 2.84. The van der Waals surface area contributed by atoms with E-state index >= 15 is 0 Å². The summed E-state index contributed by atoms with van der Waals surface area (Å²) in [5, 5.41) is 3.27. The summed E-state index contributed by atoms with van der Waals surface area (Å²) in [5.41, 5.74) is 0.762. The molecule has 0 atom stereocenters. The van der Waals surface area contributed by atoms with Crippen LogP contribution in [0.3, 0.4) is 0 Å². The molecular formula is C8H11ClN2OS. The van der Waals surface area contributed by atoms with Gasteiger partial charge < -0.3 is 5.32 Å². The molecule has 1 aromatic heterocycles. The molecule has 1 aromatic rings. The molecule has 0 saturated carbocycles. The van der Waals surface area contributed by atoms with E-state index in [1.165, 1.54) is 11.3 Å². The minimum atomic E-state index is -0.00656. The second kappa shape index (κ2) is 4.58. The third-order valence-corrected chi connectivity index (χ3v) is 2.83. The maximum atomic E-state index is 11.1. The Bertz CT molecular complexity index is 292. The van der Waals surface area contributed by atoms with E-state index in [1.807, 2.05) is 13.8 Å². The molecule has 3 nitrogen and oxygen atoms in total. The molecule has 0 bridgehead atoms. The van der Waals surface area contributed by atoms with Gasteiger partial charge in [-0.1, -0.05) is 29.9 Å². The summed E-state index contributed by atoms with van der Waals surface area (Å²) < 4.78 is 0.631. The van der Waals surface area contributed by atoms with Crippen molar-refractivity contribution in [2.24, 2.45) is 0 Å². The van der Waals surface area contributed by atoms with Crippen LogP contribution >= 0.6 is 22.9 Å². The molecule has 0 fully saturated rings. The fourth-order valence-electron chi connectivity index (χ4n) is 0.840. The first-order valence-corrected chi connectivity index (χ1v) is 5.25. The maximum Gasteiger partial charge on any atom is 0.226 e. The number of carbonyl (C=O) groups is 1. The standard InChI is InChI=1S/C8H11ClN2OS/c1-3-4-6(12)11-8-10-5(2)7(9)13-8/h3-4H2,1-2H3,(H,10,11,12). The second-order valence-corrected chi connectivity index (χ2v) is 4.28. The van der Waals surface area contributed by atoms with E-state index in [1.54, 1.807) is 0 Å². The zero-order valence-corrected chi connectivity index (χ0v) is 9.13. The number of thiazole rings is 1. The Morgan fingerprint density at radius 3 is 2.85 bits per heavy atom. The monoisotopic (exact) mass is 218 g/mol. The summed E-state index contributed by atoms with van der Waals surface area (Å²) in [7, 11) is 0. The van der Waals surface area contributed by atoms with Gasteiger partial charge in [0.2, 0.25) is 5.91 Å². The molecule has 0 aliphatic rings. The van der Waals surface area contributed by atoms with E-state index in [-0.39, 0.29) is 5.91 Å². The van der Waals surface area contributed by atoms with Gasteiger partial charge >= 0.3 is 0 Å². The fourth-order valence-corrected chi connectivity index (χ4v) is 1.81. The van der Waals surface area contributed by atoms with Crippen LogP contribution in [0.25, 0.3) is 0 Å². The molecule has 1 amide bonds. The highest BCUT2D eigenvalue weighted by Gasteiger charge is 2.07. The van der Waals surface area contributed by atoms with E-state index in [0.29, 0.717) is 15.9 Å². The Balaban J connectivity index is 2.59. The molecule has 0 saturated heterocycles. The van der Waals surface area contributed by atoms with Crippen LogP contribution in [-0.4, -0.2) is 10.9 Å². The van der Waals surface area contributed by atoms with Crippen molar-refractivity contribution in [3.8, 4) is 0 Å². The molecule has 1 rings (SSSR count). The molecule has 13 heavy (non-hydrogen) atoms. The van der Waals surface area contributed by atoms with Crippen LogP contribution in [0.1, 0.15) is 25.5 Å². The summed E-state index contributed by atoms with van der Waals surface area (Å²) in [5.74, 6) is -0.00656. The third-order valence-electron chi connectivity index (χ3n) is 1.46. The Hall–Kier alpha value is -0.610. The van der Waals surface area contributed by atoms with Gasteiger partial charge in [-0.3, -0.25) is 4.79 Å². The molecule has 1 heterocycles. The first-order chi connectivity index (χ1) is 6.13. The SMILES string of the molecule is CCCC(=O)Nc1nc(C)c(Cl)s1. The molecule has 5 heteroatoms. The topological polar surface area (TPSA) is 42.0 Å². The van der Waals surface area contributed by atoms with E-state index < -0.39 is 0 Å². The van der Waals surface area contributed by atoms with Gasteiger partial charge in [-0.25, -0.2) is 4.98 Å². The lowest BCUT2D eigenvalue weighted by Gasteiger charge is -1.97. The molecule has 1 N–H and O–H groups in total. The highest BCUT2D eigenvalue weighted by atomic mass is 35.5. The van der Waals surface area contributed by atoms with Gasteiger partial charge in [-0.15, -0.1) is 0 Å². The lowest BCUT2D eigenvalue weighted by molar-refractivity contribution is -0.116. The molecule has 0 aromatic carbocycles. The van der Waals surface area contributed by atoms with Crippen molar-refractivity contribution in [2.75, 3.05) is 5.32 Å². The largest absolute Gasteiger partial charge is 0.302 e. The number of rotatable bonds is 3. The molecular weight excluding hydrogens is 208 g/mol. The summed E-state index contributed by atoms with van der Waals surface area (Å²) in [6.45, 7) is 3.77. The number of nitrogens with one attached hydrogen (secondary N) is 1. The second-order valence-electron chi connectivity index (χ2n) is 2.68. The summed E-state index contributed by atoms with van der Waals surface area (Å²) in [4.78, 5) is 15.2. The van der Waals surface area contributed by atoms with Crippen molar-refractivity contribution in [1.29, 1.82) is 0 Å². The number of aryl methyl sites for hydroxylation is 1. The van der Waals surface area contributed by atoms with Crippen molar-refractivity contribution in [2.45, 2.75) is 26.7 Å². The van der Waals surface area contributed by atoms with Gasteiger partial charge in [0.05, 0.1) is 5.69 Å². The van der Waals surface area contributed by atoms with Crippen molar-refractivity contribution >= 4 is 34.0 Å². The minimum absolute atomic E-state index is 0.00656. The van der Waals surface area contributed by atoms with Crippen molar-refractivity contribution in [3.63, 3.8) is 0 Å². The molecule has 72 valence electrons. The van der Waals surface area contributed by atoms with Crippen LogP contribution in [0, 0.1) is 6.92 Å². The van der Waals surface area contributed by atoms with Crippen molar-refractivity contribution < 1.29 is 4.79 Å². The van der Waals surface area contributed by atoms with E-state index in [2.05, 4.69) is 10.3 Å². The molecule has 0 aliphatic heterocycles. The van der Waals surface area contributed by atoms with Crippen LogP contribution < -0.4 is 5.32 Å². The normalized spacial score (nSPS) is 10.1. The smallest absolute Gasteiger partial charge is 0.226 e. The number of nitrogens with zero attached hydrogens (tertiary/aromatic N) is 1. The maximum absolute atomic E-state index is 11.1. The number of amides is 1. The first kappa shape index (κ1) is 10.5. The van der Waals surface area contributed by atoms with Crippen LogP contribution in [0.5, 0.6) is 0 Å². The summed E-state index contributed by atoms with van der Waals surface area (Å²) in [6, 6.07) is 0. The van der Waals surface area contributed by atoms with Gasteiger partial charge in [0.25, 0.3) is 0 Å². The van der Waals surface area contributed by atoms with E-state index in [0.717, 1.165) is 12.1 Å². The van der Waals surface area contributed by atoms with Crippen LogP contribution in [0.2, 0.25) is 4.34 Å². The Labute approximate surface area is 86.1 Å². The zero-order chi connectivity index (χ0) is 9.84. The summed E-state index contributed by atoms with van der Waals surface area (Å²) in [6.07, 6.45) is 1.36. The highest BCUT2D eigenvalue weighted by molar-refractivity contribution is 7.19. The van der Waals surface area contributed by atoms with Crippen molar-refractivity contribution in [3.05, 3.63) is 10.0 Å². The fraction of sp³-hybridized carbons (Fsp3) is 0.500. The van der Waals surface area contributed by atoms with E-state index in [9.17, 15) is 4.79 Å². The van der Waals surface area contributed by atoms with Gasteiger partial charge in [0, 0.05) is 6.42 Å². The van der Waals surface area contributed by atoms with Crippen molar-refractivity contribution in [1.82, 2.24) is 4.98 Å². The molecule has 0 spiro atoms. The Morgan fingerprint density at radius 2 is 2.38 bits per heavy atom.